The maximum absolute atomic E-state index is 14.7. The van der Waals surface area contributed by atoms with Crippen molar-refractivity contribution in [1.82, 2.24) is 4.90 Å². The standard InChI is InChI=1S/C36H43N3O6S/c1-4-45-28-17-13-25(14-18-28)37-22-9-19-35(2)29(32(37)41)30-33(42)39(21-7-5-6-8-24-40)31-34(43)38(23-10-20-36(30,31)46-35)26-11-15-27(44-3)16-12-26/h9-20,29-31,40H,4-8,21-24H2,1-3H3/t29-,30+,31?,35+,36+/m1/s1. The van der Waals surface area contributed by atoms with Crippen LogP contribution in [0.15, 0.2) is 72.8 Å². The van der Waals surface area contributed by atoms with E-state index in [2.05, 4.69) is 12.2 Å². The van der Waals surface area contributed by atoms with E-state index >= 15 is 0 Å². The van der Waals surface area contributed by atoms with Gasteiger partial charge in [0.25, 0.3) is 5.91 Å². The van der Waals surface area contributed by atoms with Gasteiger partial charge in [-0.05, 0) is 75.2 Å². The quantitative estimate of drug-likeness (QED) is 0.276. The average molecular weight is 646 g/mol. The molecule has 3 amide bonds. The number of benzene rings is 2. The molecule has 2 aromatic rings. The number of amides is 3. The molecule has 0 saturated carbocycles. The summed E-state index contributed by atoms with van der Waals surface area (Å²) < 4.78 is 9.36. The third-order valence-corrected chi connectivity index (χ3v) is 11.5. The van der Waals surface area contributed by atoms with Crippen LogP contribution in [0.5, 0.6) is 11.5 Å². The van der Waals surface area contributed by atoms with Gasteiger partial charge in [0.05, 0.1) is 30.3 Å². The molecule has 4 heterocycles. The molecular formula is C36H43N3O6S. The maximum Gasteiger partial charge on any atom is 0.251 e. The Morgan fingerprint density at radius 3 is 2.04 bits per heavy atom. The molecule has 0 radical (unpaired) electrons. The second-order valence-corrected chi connectivity index (χ2v) is 14.3. The molecule has 46 heavy (non-hydrogen) atoms. The van der Waals surface area contributed by atoms with E-state index in [0.717, 1.165) is 30.0 Å². The number of likely N-dealkylation sites (tertiary alicyclic amines) is 1. The van der Waals surface area contributed by atoms with E-state index in [1.165, 1.54) is 0 Å². The Hall–Kier alpha value is -3.76. The summed E-state index contributed by atoms with van der Waals surface area (Å²) in [5.41, 5.74) is 1.47. The van der Waals surface area contributed by atoms with Crippen molar-refractivity contribution in [3.63, 3.8) is 0 Å². The predicted octanol–water partition coefficient (Wildman–Crippen LogP) is 4.84. The third kappa shape index (κ3) is 5.49. The molecule has 4 aliphatic rings. The number of rotatable bonds is 11. The topological polar surface area (TPSA) is 99.6 Å². The Balaban J connectivity index is 1.39. The predicted molar refractivity (Wildman–Crippen MR) is 180 cm³/mol. The molecule has 1 unspecified atom stereocenters. The van der Waals surface area contributed by atoms with E-state index in [1.54, 1.807) is 33.6 Å². The summed E-state index contributed by atoms with van der Waals surface area (Å²) in [4.78, 5) is 49.4. The molecule has 0 aromatic heterocycles. The zero-order valence-corrected chi connectivity index (χ0v) is 27.6. The number of hydrogen-bond donors (Lipinski definition) is 1. The average Bonchev–Trinajstić information content (AvgIpc) is 3.32. The van der Waals surface area contributed by atoms with Crippen LogP contribution in [0, 0.1) is 11.8 Å². The summed E-state index contributed by atoms with van der Waals surface area (Å²) in [5, 5.41) is 9.26. The SMILES string of the molecule is CCOc1ccc(N2CC=C[C@]3(C)S[C@]45C=CCN(c6ccc(OC)cc6)C(=O)C4N(CCCCCCO)C(=O)[C@@H]5[C@@H]3C2=O)cc1. The number of thioether (sulfide) groups is 1. The van der Waals surface area contributed by atoms with Crippen LogP contribution in [0.1, 0.15) is 39.5 Å². The van der Waals surface area contributed by atoms with Crippen LogP contribution in [-0.4, -0.2) is 83.2 Å². The fourth-order valence-electron chi connectivity index (χ4n) is 7.62. The van der Waals surface area contributed by atoms with Crippen LogP contribution in [0.25, 0.3) is 0 Å². The second-order valence-electron chi connectivity index (χ2n) is 12.5. The van der Waals surface area contributed by atoms with Crippen LogP contribution < -0.4 is 19.3 Å². The molecule has 6 rings (SSSR count). The lowest BCUT2D eigenvalue weighted by Gasteiger charge is -2.37. The summed E-state index contributed by atoms with van der Waals surface area (Å²) in [7, 11) is 1.60. The number of carbonyl (C=O) groups is 3. The molecule has 10 heteroatoms. The number of ether oxygens (including phenoxy) is 2. The van der Waals surface area contributed by atoms with Gasteiger partial charge in [0.15, 0.2) is 0 Å². The Morgan fingerprint density at radius 2 is 1.41 bits per heavy atom. The first-order valence-corrected chi connectivity index (χ1v) is 17.1. The number of unbranched alkanes of at least 4 members (excludes halogenated alkanes) is 3. The van der Waals surface area contributed by atoms with E-state index < -0.39 is 27.4 Å². The van der Waals surface area contributed by atoms with E-state index in [9.17, 15) is 19.5 Å². The van der Waals surface area contributed by atoms with Crippen molar-refractivity contribution in [3.8, 4) is 11.5 Å². The largest absolute Gasteiger partial charge is 0.497 e. The van der Waals surface area contributed by atoms with Crippen molar-refractivity contribution >= 4 is 40.9 Å². The summed E-state index contributed by atoms with van der Waals surface area (Å²) in [6.45, 7) is 5.82. The lowest BCUT2D eigenvalue weighted by molar-refractivity contribution is -0.139. The van der Waals surface area contributed by atoms with Gasteiger partial charge in [-0.2, -0.15) is 0 Å². The van der Waals surface area contributed by atoms with Gasteiger partial charge in [0, 0.05) is 42.4 Å². The van der Waals surface area contributed by atoms with Crippen molar-refractivity contribution in [2.75, 3.05) is 49.8 Å². The van der Waals surface area contributed by atoms with Crippen LogP contribution in [0.2, 0.25) is 0 Å². The van der Waals surface area contributed by atoms with Crippen molar-refractivity contribution < 1.29 is 29.0 Å². The van der Waals surface area contributed by atoms with Gasteiger partial charge in [-0.25, -0.2) is 0 Å². The number of aliphatic hydroxyl groups excluding tert-OH is 1. The fourth-order valence-corrected chi connectivity index (χ4v) is 9.78. The molecule has 1 N–H and O–H groups in total. The molecule has 0 aliphatic carbocycles. The van der Waals surface area contributed by atoms with Crippen molar-refractivity contribution in [3.05, 3.63) is 72.8 Å². The van der Waals surface area contributed by atoms with Gasteiger partial charge < -0.3 is 29.3 Å². The normalized spacial score (nSPS) is 28.6. The van der Waals surface area contributed by atoms with Crippen molar-refractivity contribution in [2.45, 2.75) is 55.1 Å². The molecule has 5 atom stereocenters. The first kappa shape index (κ1) is 32.2. The van der Waals surface area contributed by atoms with Gasteiger partial charge in [-0.3, -0.25) is 14.4 Å². The molecule has 1 spiro atoms. The molecule has 2 fully saturated rings. The zero-order valence-electron chi connectivity index (χ0n) is 26.8. The van der Waals surface area contributed by atoms with E-state index in [-0.39, 0.29) is 24.3 Å². The van der Waals surface area contributed by atoms with E-state index in [1.807, 2.05) is 74.5 Å². The highest BCUT2D eigenvalue weighted by molar-refractivity contribution is 8.02. The molecule has 2 saturated heterocycles. The van der Waals surface area contributed by atoms with Crippen LogP contribution in [-0.2, 0) is 14.4 Å². The summed E-state index contributed by atoms with van der Waals surface area (Å²) in [6, 6.07) is 14.1. The smallest absolute Gasteiger partial charge is 0.251 e. The molecule has 244 valence electrons. The van der Waals surface area contributed by atoms with Gasteiger partial charge in [-0.1, -0.05) is 37.1 Å². The minimum atomic E-state index is -0.915. The van der Waals surface area contributed by atoms with E-state index in [4.69, 9.17) is 9.47 Å². The van der Waals surface area contributed by atoms with Crippen molar-refractivity contribution in [1.29, 1.82) is 0 Å². The van der Waals surface area contributed by atoms with Gasteiger partial charge >= 0.3 is 0 Å². The van der Waals surface area contributed by atoms with Crippen molar-refractivity contribution in [2.24, 2.45) is 11.8 Å². The summed E-state index contributed by atoms with van der Waals surface area (Å²) in [5.74, 6) is -0.340. The second kappa shape index (κ2) is 13.2. The number of fused-ring (bicyclic) bond motifs is 2. The minimum absolute atomic E-state index is 0.111. The Labute approximate surface area is 275 Å². The Kier molecular flexibility index (Phi) is 9.21. The van der Waals surface area contributed by atoms with Gasteiger partial charge in [-0.15, -0.1) is 11.8 Å². The van der Waals surface area contributed by atoms with Crippen LogP contribution >= 0.6 is 11.8 Å². The lowest BCUT2D eigenvalue weighted by atomic mass is 9.74. The highest BCUT2D eigenvalue weighted by atomic mass is 32.2. The van der Waals surface area contributed by atoms with Crippen LogP contribution in [0.4, 0.5) is 11.4 Å². The third-order valence-electron chi connectivity index (χ3n) is 9.71. The molecule has 2 aromatic carbocycles. The highest BCUT2D eigenvalue weighted by Crippen LogP contribution is 2.65. The Bertz CT molecular complexity index is 1510. The molecular weight excluding hydrogens is 602 g/mol. The summed E-state index contributed by atoms with van der Waals surface area (Å²) >= 11 is 1.59. The number of methoxy groups -OCH3 is 1. The lowest BCUT2D eigenvalue weighted by Crippen LogP contribution is -2.53. The first-order valence-electron chi connectivity index (χ1n) is 16.2. The fraction of sp³-hybridized carbons (Fsp3) is 0.472. The summed E-state index contributed by atoms with van der Waals surface area (Å²) in [6.07, 6.45) is 11.2. The number of carbonyl (C=O) groups excluding carboxylic acids is 3. The number of nitrogens with zero attached hydrogens (tertiary/aromatic N) is 3. The number of hydrogen-bond acceptors (Lipinski definition) is 7. The number of anilines is 2. The molecule has 9 nitrogen and oxygen atoms in total. The van der Waals surface area contributed by atoms with E-state index in [0.29, 0.717) is 44.8 Å². The molecule has 4 aliphatic heterocycles. The first-order chi connectivity index (χ1) is 22.3. The van der Waals surface area contributed by atoms with Gasteiger partial charge in [0.2, 0.25) is 11.8 Å². The minimum Gasteiger partial charge on any atom is -0.497 e. The monoisotopic (exact) mass is 645 g/mol. The zero-order chi connectivity index (χ0) is 32.5. The highest BCUT2D eigenvalue weighted by Gasteiger charge is 2.74. The molecule has 0 bridgehead atoms. The number of aliphatic hydroxyl groups is 1. The maximum atomic E-state index is 14.7. The van der Waals surface area contributed by atoms with Crippen LogP contribution in [0.3, 0.4) is 0 Å². The Morgan fingerprint density at radius 1 is 0.804 bits per heavy atom. The van der Waals surface area contributed by atoms with Gasteiger partial charge in [0.1, 0.15) is 17.5 Å².